The lowest BCUT2D eigenvalue weighted by molar-refractivity contribution is 0.559. The van der Waals surface area contributed by atoms with E-state index in [1.807, 2.05) is 61.5 Å². The van der Waals surface area contributed by atoms with Crippen LogP contribution in [0.1, 0.15) is 38.8 Å². The number of hydrogen-bond acceptors (Lipinski definition) is 4. The van der Waals surface area contributed by atoms with Gasteiger partial charge in [0.05, 0.1) is 20.6 Å². The van der Waals surface area contributed by atoms with Gasteiger partial charge in [0.2, 0.25) is 0 Å². The van der Waals surface area contributed by atoms with E-state index in [0.29, 0.717) is 22.4 Å². The van der Waals surface area contributed by atoms with Gasteiger partial charge in [-0.1, -0.05) is 149 Å². The Balaban J connectivity index is 1.50. The first-order chi connectivity index (χ1) is 23.3. The molecule has 7 heteroatoms. The van der Waals surface area contributed by atoms with Gasteiger partial charge in [-0.05, 0) is 65.6 Å². The summed E-state index contributed by atoms with van der Waals surface area (Å²) in [4.78, 5) is 0.184. The minimum Gasteiger partial charge on any atom is -0.457 e. The molecule has 0 spiro atoms. The van der Waals surface area contributed by atoms with Crippen molar-refractivity contribution >= 4 is 54.4 Å². The normalized spacial score (nSPS) is 12.5. The molecule has 1 heterocycles. The molecule has 1 N–H and O–H groups in total. The Morgan fingerprint density at radius 1 is 0.667 bits per heavy atom. The van der Waals surface area contributed by atoms with Gasteiger partial charge in [0.25, 0.3) is 10.0 Å². The lowest BCUT2D eigenvalue weighted by atomic mass is 9.84. The van der Waals surface area contributed by atoms with Gasteiger partial charge >= 0.3 is 0 Å². The quantitative estimate of drug-likeness (QED) is 0.142. The standard InChI is InChI=1S/C41H32BrNO3S2/c1-29-24-26-35(27-25-29)48(44,45)43-38-36-22-11-12-23-37(36)46-39(38)40(30-14-13-21-34(42)28-30)47-41(31-15-5-2-6-16-31,32-17-7-3-8-18-32)33-19-9-4-10-20-33/h2-28,40,43H,1H3. The highest BCUT2D eigenvalue weighted by Gasteiger charge is 2.42. The van der Waals surface area contributed by atoms with Gasteiger partial charge in [0.1, 0.15) is 11.3 Å². The molecule has 1 atom stereocenters. The number of para-hydroxylation sites is 1. The second-order valence-corrected chi connectivity index (χ2v) is 15.5. The molecule has 0 saturated carbocycles. The maximum atomic E-state index is 14.0. The van der Waals surface area contributed by atoms with Gasteiger partial charge in [-0.25, -0.2) is 8.42 Å². The predicted octanol–water partition coefficient (Wildman–Crippen LogP) is 11.1. The third kappa shape index (κ3) is 6.21. The fourth-order valence-electron chi connectivity index (χ4n) is 6.11. The van der Waals surface area contributed by atoms with Crippen LogP contribution in [0.2, 0.25) is 0 Å². The van der Waals surface area contributed by atoms with E-state index in [1.54, 1.807) is 36.0 Å². The third-order valence-electron chi connectivity index (χ3n) is 8.42. The fourth-order valence-corrected chi connectivity index (χ4v) is 9.34. The van der Waals surface area contributed by atoms with Gasteiger partial charge in [0, 0.05) is 9.86 Å². The molecule has 4 nitrogen and oxygen atoms in total. The van der Waals surface area contributed by atoms with Gasteiger partial charge in [-0.15, -0.1) is 11.8 Å². The molecule has 0 saturated heterocycles. The van der Waals surface area contributed by atoms with E-state index in [1.165, 1.54) is 0 Å². The van der Waals surface area contributed by atoms with E-state index < -0.39 is 20.0 Å². The van der Waals surface area contributed by atoms with Crippen molar-refractivity contribution in [2.45, 2.75) is 21.8 Å². The first-order valence-electron chi connectivity index (χ1n) is 15.6. The van der Waals surface area contributed by atoms with Crippen LogP contribution < -0.4 is 4.72 Å². The Bertz CT molecular complexity index is 2180. The molecule has 48 heavy (non-hydrogen) atoms. The number of rotatable bonds is 10. The molecule has 1 unspecified atom stereocenters. The molecule has 0 aliphatic carbocycles. The summed E-state index contributed by atoms with van der Waals surface area (Å²) in [7, 11) is -3.97. The van der Waals surface area contributed by atoms with Gasteiger partial charge < -0.3 is 4.42 Å². The van der Waals surface area contributed by atoms with Crippen LogP contribution in [0.4, 0.5) is 5.69 Å². The first kappa shape index (κ1) is 32.0. The number of benzene rings is 6. The summed E-state index contributed by atoms with van der Waals surface area (Å²) in [5.74, 6) is 0.516. The monoisotopic (exact) mass is 729 g/mol. The highest BCUT2D eigenvalue weighted by molar-refractivity contribution is 9.10. The van der Waals surface area contributed by atoms with Gasteiger partial charge in [-0.3, -0.25) is 4.72 Å². The van der Waals surface area contributed by atoms with E-state index in [4.69, 9.17) is 4.42 Å². The molecule has 238 valence electrons. The highest BCUT2D eigenvalue weighted by atomic mass is 79.9. The summed E-state index contributed by atoms with van der Waals surface area (Å²) in [6.07, 6.45) is 0. The second-order valence-electron chi connectivity index (χ2n) is 11.6. The number of sulfonamides is 1. The Hall–Kier alpha value is -4.56. The van der Waals surface area contributed by atoms with Crippen LogP contribution in [0.5, 0.6) is 0 Å². The first-order valence-corrected chi connectivity index (χ1v) is 18.7. The topological polar surface area (TPSA) is 59.3 Å². The number of halogens is 1. The highest BCUT2D eigenvalue weighted by Crippen LogP contribution is 2.57. The molecule has 7 aromatic rings. The Labute approximate surface area is 294 Å². The summed E-state index contributed by atoms with van der Waals surface area (Å²) in [5.41, 5.74) is 6.22. The van der Waals surface area contributed by atoms with E-state index in [-0.39, 0.29) is 4.90 Å². The molecular weight excluding hydrogens is 698 g/mol. The van der Waals surface area contributed by atoms with Gasteiger partial charge in [-0.2, -0.15) is 0 Å². The minimum atomic E-state index is -3.97. The number of anilines is 1. The molecule has 6 aromatic carbocycles. The van der Waals surface area contributed by atoms with Gasteiger partial charge in [0.15, 0.2) is 0 Å². The van der Waals surface area contributed by atoms with E-state index >= 15 is 0 Å². The third-order valence-corrected chi connectivity index (χ3v) is 12.1. The molecule has 7 rings (SSSR count). The van der Waals surface area contributed by atoms with Crippen LogP contribution in [0, 0.1) is 6.92 Å². The lowest BCUT2D eigenvalue weighted by Gasteiger charge is -2.38. The zero-order valence-corrected chi connectivity index (χ0v) is 29.3. The summed E-state index contributed by atoms with van der Waals surface area (Å²) in [6, 6.07) is 54.0. The average Bonchev–Trinajstić information content (AvgIpc) is 3.47. The molecule has 0 fully saturated rings. The molecule has 1 aromatic heterocycles. The fraction of sp³-hybridized carbons (Fsp3) is 0.0732. The molecule has 0 amide bonds. The van der Waals surface area contributed by atoms with Crippen molar-refractivity contribution in [1.29, 1.82) is 0 Å². The molecule has 0 aliphatic heterocycles. The van der Waals surface area contributed by atoms with Crippen LogP contribution in [-0.2, 0) is 14.8 Å². The summed E-state index contributed by atoms with van der Waals surface area (Å²) >= 11 is 5.42. The Morgan fingerprint density at radius 2 is 1.21 bits per heavy atom. The van der Waals surface area contributed by atoms with Crippen LogP contribution in [0.25, 0.3) is 11.0 Å². The van der Waals surface area contributed by atoms with Crippen LogP contribution in [0.3, 0.4) is 0 Å². The van der Waals surface area contributed by atoms with Crippen LogP contribution in [0.15, 0.2) is 178 Å². The number of thioether (sulfide) groups is 1. The SMILES string of the molecule is Cc1ccc(S(=O)(=O)Nc2c(C(SC(c3ccccc3)(c3ccccc3)c3ccccc3)c3cccc(Br)c3)oc3ccccc23)cc1. The second kappa shape index (κ2) is 13.5. The predicted molar refractivity (Wildman–Crippen MR) is 201 cm³/mol. The maximum Gasteiger partial charge on any atom is 0.262 e. The van der Waals surface area contributed by atoms with Crippen molar-refractivity contribution in [3.8, 4) is 0 Å². The molecule has 0 bridgehead atoms. The van der Waals surface area contributed by atoms with Crippen LogP contribution >= 0.6 is 27.7 Å². The van der Waals surface area contributed by atoms with E-state index in [9.17, 15) is 8.42 Å². The number of fused-ring (bicyclic) bond motifs is 1. The summed E-state index contributed by atoms with van der Waals surface area (Å²) in [6.45, 7) is 1.93. The number of nitrogens with one attached hydrogen (secondary N) is 1. The number of hydrogen-bond donors (Lipinski definition) is 1. The van der Waals surface area contributed by atoms with E-state index in [2.05, 4.69) is 106 Å². The average molecular weight is 731 g/mol. The zero-order chi connectivity index (χ0) is 33.1. The van der Waals surface area contributed by atoms with E-state index in [0.717, 1.165) is 32.3 Å². The lowest BCUT2D eigenvalue weighted by Crippen LogP contribution is -2.27. The Morgan fingerprint density at radius 3 is 1.77 bits per heavy atom. The van der Waals surface area contributed by atoms with Crippen molar-refractivity contribution in [3.05, 3.63) is 202 Å². The summed E-state index contributed by atoms with van der Waals surface area (Å²) in [5, 5.41) is 0.222. The zero-order valence-electron chi connectivity index (χ0n) is 26.1. The van der Waals surface area contributed by atoms with Crippen molar-refractivity contribution in [3.63, 3.8) is 0 Å². The number of aryl methyl sites for hydroxylation is 1. The Kier molecular flexibility index (Phi) is 9.01. The minimum absolute atomic E-state index is 0.184. The van der Waals surface area contributed by atoms with Crippen molar-refractivity contribution < 1.29 is 12.8 Å². The largest absolute Gasteiger partial charge is 0.457 e. The van der Waals surface area contributed by atoms with Crippen LogP contribution in [-0.4, -0.2) is 8.42 Å². The number of furan rings is 1. The molecule has 0 radical (unpaired) electrons. The van der Waals surface area contributed by atoms with Crippen molar-refractivity contribution in [1.82, 2.24) is 0 Å². The smallest absolute Gasteiger partial charge is 0.262 e. The summed E-state index contributed by atoms with van der Waals surface area (Å²) < 4.78 is 37.9. The molecular formula is C41H32BrNO3S2. The van der Waals surface area contributed by atoms with Crippen molar-refractivity contribution in [2.75, 3.05) is 4.72 Å². The molecule has 0 aliphatic rings. The van der Waals surface area contributed by atoms with Crippen molar-refractivity contribution in [2.24, 2.45) is 0 Å². The maximum absolute atomic E-state index is 14.0.